The van der Waals surface area contributed by atoms with Crippen LogP contribution in [0.2, 0.25) is 0 Å². The first-order valence-corrected chi connectivity index (χ1v) is 11.2. The molecule has 0 aromatic carbocycles. The molecule has 3 aliphatic heterocycles. The van der Waals surface area contributed by atoms with Crippen LogP contribution >= 0.6 is 0 Å². The lowest BCUT2D eigenvalue weighted by molar-refractivity contribution is -0.136. The van der Waals surface area contributed by atoms with Crippen LogP contribution in [0, 0.1) is 5.92 Å². The lowest BCUT2D eigenvalue weighted by Crippen LogP contribution is -2.51. The van der Waals surface area contributed by atoms with Gasteiger partial charge in [-0.1, -0.05) is 0 Å². The van der Waals surface area contributed by atoms with Gasteiger partial charge in [-0.2, -0.15) is 0 Å². The summed E-state index contributed by atoms with van der Waals surface area (Å²) in [5.74, 6) is 0.705. The van der Waals surface area contributed by atoms with Crippen LogP contribution in [-0.4, -0.2) is 77.0 Å². The zero-order valence-electron chi connectivity index (χ0n) is 16.8. The Kier molecular flexibility index (Phi) is 6.51. The van der Waals surface area contributed by atoms with Crippen molar-refractivity contribution >= 4 is 5.91 Å². The highest BCUT2D eigenvalue weighted by molar-refractivity contribution is 5.79. The van der Waals surface area contributed by atoms with E-state index in [4.69, 9.17) is 0 Å². The molecule has 150 valence electrons. The van der Waals surface area contributed by atoms with Gasteiger partial charge in [-0.3, -0.25) is 9.69 Å². The zero-order chi connectivity index (χ0) is 18.5. The van der Waals surface area contributed by atoms with Crippen LogP contribution in [0.15, 0.2) is 24.5 Å². The number of rotatable bonds is 6. The van der Waals surface area contributed by atoms with Crippen LogP contribution < -0.4 is 0 Å². The van der Waals surface area contributed by atoms with Crippen LogP contribution in [0.25, 0.3) is 0 Å². The number of carbonyl (C=O) groups is 1. The van der Waals surface area contributed by atoms with Crippen LogP contribution in [0.3, 0.4) is 0 Å². The number of hydrogen-bond acceptors (Lipinski definition) is 3. The first kappa shape index (κ1) is 19.0. The molecule has 1 aromatic rings. The molecule has 1 unspecified atom stereocenters. The molecular weight excluding hydrogens is 336 g/mol. The second kappa shape index (κ2) is 9.24. The van der Waals surface area contributed by atoms with Crippen LogP contribution in [0.4, 0.5) is 0 Å². The number of piperidine rings is 2. The molecule has 0 saturated carbocycles. The summed E-state index contributed by atoms with van der Waals surface area (Å²) in [6, 6.07) is 4.90. The normalized spacial score (nSPS) is 25.9. The minimum atomic E-state index is 0.261. The highest BCUT2D eigenvalue weighted by Crippen LogP contribution is 2.26. The molecule has 0 aliphatic carbocycles. The molecule has 4 heterocycles. The molecule has 1 amide bonds. The summed E-state index contributed by atoms with van der Waals surface area (Å²) in [7, 11) is 0. The average molecular weight is 373 g/mol. The summed E-state index contributed by atoms with van der Waals surface area (Å²) in [5.41, 5.74) is 0. The van der Waals surface area contributed by atoms with Gasteiger partial charge < -0.3 is 14.4 Å². The Morgan fingerprint density at radius 3 is 2.33 bits per heavy atom. The summed E-state index contributed by atoms with van der Waals surface area (Å²) in [4.78, 5) is 20.2. The molecule has 27 heavy (non-hydrogen) atoms. The van der Waals surface area contributed by atoms with Gasteiger partial charge in [0.1, 0.15) is 0 Å². The standard InChI is InChI=1S/C22H36N4O/c27-22(25-14-3-4-15-25)20-7-5-16-26(19-20)21-8-17-24(18-9-21)13-6-12-23-10-1-2-11-23/h1-2,10-11,20-21H,3-9,12-19H2. The van der Waals surface area contributed by atoms with Gasteiger partial charge in [0.15, 0.2) is 0 Å². The molecular formula is C22H36N4O. The second-order valence-electron chi connectivity index (χ2n) is 8.71. The Hall–Kier alpha value is -1.33. The van der Waals surface area contributed by atoms with Gasteiger partial charge >= 0.3 is 0 Å². The summed E-state index contributed by atoms with van der Waals surface area (Å²) < 4.78 is 2.28. The number of likely N-dealkylation sites (tertiary alicyclic amines) is 3. The van der Waals surface area contributed by atoms with E-state index in [2.05, 4.69) is 43.8 Å². The van der Waals surface area contributed by atoms with Crippen molar-refractivity contribution in [2.45, 2.75) is 57.5 Å². The van der Waals surface area contributed by atoms with Crippen molar-refractivity contribution in [2.75, 3.05) is 45.8 Å². The summed E-state index contributed by atoms with van der Waals surface area (Å²) in [6.07, 6.45) is 12.8. The van der Waals surface area contributed by atoms with Crippen molar-refractivity contribution in [1.82, 2.24) is 19.3 Å². The number of aryl methyl sites for hydroxylation is 1. The van der Waals surface area contributed by atoms with Crippen molar-refractivity contribution in [2.24, 2.45) is 5.92 Å². The number of nitrogens with zero attached hydrogens (tertiary/aromatic N) is 4. The molecule has 0 spiro atoms. The van der Waals surface area contributed by atoms with E-state index in [1.165, 1.54) is 64.7 Å². The Bertz CT molecular complexity index is 573. The lowest BCUT2D eigenvalue weighted by Gasteiger charge is -2.42. The fourth-order valence-electron chi connectivity index (χ4n) is 5.24. The van der Waals surface area contributed by atoms with Crippen LogP contribution in [0.5, 0.6) is 0 Å². The fourth-order valence-corrected chi connectivity index (χ4v) is 5.24. The molecule has 5 heteroatoms. The van der Waals surface area contributed by atoms with E-state index in [1.54, 1.807) is 0 Å². The smallest absolute Gasteiger partial charge is 0.226 e. The molecule has 1 atom stereocenters. The summed E-state index contributed by atoms with van der Waals surface area (Å²) in [5, 5.41) is 0. The predicted octanol–water partition coefficient (Wildman–Crippen LogP) is 2.68. The Balaban J connectivity index is 1.19. The van der Waals surface area contributed by atoms with Crippen molar-refractivity contribution in [1.29, 1.82) is 0 Å². The van der Waals surface area contributed by atoms with Gasteiger partial charge in [-0.15, -0.1) is 0 Å². The fraction of sp³-hybridized carbons (Fsp3) is 0.773. The Morgan fingerprint density at radius 2 is 1.59 bits per heavy atom. The van der Waals surface area contributed by atoms with E-state index in [0.29, 0.717) is 11.9 Å². The molecule has 0 N–H and O–H groups in total. The monoisotopic (exact) mass is 372 g/mol. The van der Waals surface area contributed by atoms with Gasteiger partial charge in [0, 0.05) is 44.6 Å². The largest absolute Gasteiger partial charge is 0.354 e. The highest BCUT2D eigenvalue weighted by Gasteiger charge is 2.34. The number of amides is 1. The molecule has 0 radical (unpaired) electrons. The van der Waals surface area contributed by atoms with Crippen molar-refractivity contribution < 1.29 is 4.79 Å². The molecule has 5 nitrogen and oxygen atoms in total. The zero-order valence-corrected chi connectivity index (χ0v) is 16.8. The van der Waals surface area contributed by atoms with Crippen LogP contribution in [-0.2, 0) is 11.3 Å². The van der Waals surface area contributed by atoms with E-state index in [-0.39, 0.29) is 5.92 Å². The Morgan fingerprint density at radius 1 is 0.852 bits per heavy atom. The third-order valence-corrected chi connectivity index (χ3v) is 6.85. The minimum absolute atomic E-state index is 0.261. The topological polar surface area (TPSA) is 31.7 Å². The molecule has 0 bridgehead atoms. The van der Waals surface area contributed by atoms with Gasteiger partial charge in [0.25, 0.3) is 0 Å². The van der Waals surface area contributed by atoms with E-state index in [9.17, 15) is 4.79 Å². The van der Waals surface area contributed by atoms with E-state index < -0.39 is 0 Å². The minimum Gasteiger partial charge on any atom is -0.354 e. The highest BCUT2D eigenvalue weighted by atomic mass is 16.2. The quantitative estimate of drug-likeness (QED) is 0.769. The van der Waals surface area contributed by atoms with E-state index in [0.717, 1.165) is 32.6 Å². The SMILES string of the molecule is O=C(C1CCCN(C2CCN(CCCn3cccc3)CC2)C1)N1CCCC1. The number of hydrogen-bond donors (Lipinski definition) is 0. The third kappa shape index (κ3) is 4.94. The molecule has 1 aromatic heterocycles. The first-order valence-electron chi connectivity index (χ1n) is 11.2. The molecule has 3 aliphatic rings. The van der Waals surface area contributed by atoms with E-state index >= 15 is 0 Å². The Labute approximate surface area is 164 Å². The van der Waals surface area contributed by atoms with Crippen LogP contribution in [0.1, 0.15) is 44.9 Å². The molecule has 3 fully saturated rings. The maximum absolute atomic E-state index is 12.8. The van der Waals surface area contributed by atoms with Crippen molar-refractivity contribution in [3.05, 3.63) is 24.5 Å². The first-order chi connectivity index (χ1) is 13.3. The van der Waals surface area contributed by atoms with Gasteiger partial charge in [-0.05, 0) is 83.3 Å². The molecule has 3 saturated heterocycles. The average Bonchev–Trinajstić information content (AvgIpc) is 3.42. The lowest BCUT2D eigenvalue weighted by atomic mass is 9.93. The number of aromatic nitrogens is 1. The second-order valence-corrected chi connectivity index (χ2v) is 8.71. The summed E-state index contributed by atoms with van der Waals surface area (Å²) in [6.45, 7) is 8.97. The maximum Gasteiger partial charge on any atom is 0.226 e. The van der Waals surface area contributed by atoms with Gasteiger partial charge in [-0.25, -0.2) is 0 Å². The third-order valence-electron chi connectivity index (χ3n) is 6.85. The van der Waals surface area contributed by atoms with E-state index in [1.807, 2.05) is 0 Å². The van der Waals surface area contributed by atoms with Crippen molar-refractivity contribution in [3.8, 4) is 0 Å². The number of carbonyl (C=O) groups excluding carboxylic acids is 1. The molecule has 4 rings (SSSR count). The van der Waals surface area contributed by atoms with Crippen molar-refractivity contribution in [3.63, 3.8) is 0 Å². The summed E-state index contributed by atoms with van der Waals surface area (Å²) >= 11 is 0. The van der Waals surface area contributed by atoms with Gasteiger partial charge in [0.2, 0.25) is 5.91 Å². The predicted molar refractivity (Wildman–Crippen MR) is 109 cm³/mol. The maximum atomic E-state index is 12.8. The van der Waals surface area contributed by atoms with Gasteiger partial charge in [0.05, 0.1) is 5.92 Å².